The van der Waals surface area contributed by atoms with Gasteiger partial charge in [-0.05, 0) is 6.07 Å². The number of anilines is 1. The predicted octanol–water partition coefficient (Wildman–Crippen LogP) is 1.07. The lowest BCUT2D eigenvalue weighted by atomic mass is 10.2. The van der Waals surface area contributed by atoms with E-state index in [1.54, 1.807) is 0 Å². The van der Waals surface area contributed by atoms with Crippen molar-refractivity contribution in [3.63, 3.8) is 0 Å². The molecule has 0 atom stereocenters. The fraction of sp³-hybridized carbons (Fsp3) is 0.375. The average molecular weight is 203 g/mol. The number of aromatic nitrogens is 1. The van der Waals surface area contributed by atoms with Gasteiger partial charge in [0.25, 0.3) is 6.43 Å². The third-order valence-corrected chi connectivity index (χ3v) is 1.73. The number of alkyl halides is 2. The van der Waals surface area contributed by atoms with Crippen LogP contribution >= 0.6 is 0 Å². The van der Waals surface area contributed by atoms with Crippen LogP contribution in [0.15, 0.2) is 6.07 Å². The number of nitrogens with zero attached hydrogens (tertiary/aromatic N) is 1. The zero-order valence-electron chi connectivity index (χ0n) is 7.63. The Morgan fingerprint density at radius 1 is 1.57 bits per heavy atom. The molecule has 0 aliphatic heterocycles. The fourth-order valence-electron chi connectivity index (χ4n) is 1.17. The molecule has 6 heteroatoms. The first-order valence-corrected chi connectivity index (χ1v) is 3.91. The van der Waals surface area contributed by atoms with Gasteiger partial charge in [0.1, 0.15) is 5.82 Å². The molecule has 0 saturated heterocycles. The van der Waals surface area contributed by atoms with E-state index in [9.17, 15) is 8.78 Å². The van der Waals surface area contributed by atoms with Crippen LogP contribution in [0, 0.1) is 0 Å². The average Bonchev–Trinajstić information content (AvgIpc) is 2.16. The molecule has 0 aliphatic carbocycles. The molecule has 4 nitrogen and oxygen atoms in total. The van der Waals surface area contributed by atoms with E-state index in [4.69, 9.17) is 16.2 Å². The second kappa shape index (κ2) is 4.19. The molecule has 14 heavy (non-hydrogen) atoms. The highest BCUT2D eigenvalue weighted by Crippen LogP contribution is 2.31. The highest BCUT2D eigenvalue weighted by atomic mass is 19.3. The Morgan fingerprint density at radius 3 is 2.64 bits per heavy atom. The molecule has 0 spiro atoms. The maximum absolute atomic E-state index is 12.5. The Bertz CT molecular complexity index is 331. The van der Waals surface area contributed by atoms with E-state index >= 15 is 0 Å². The Hall–Kier alpha value is -1.43. The maximum atomic E-state index is 12.5. The van der Waals surface area contributed by atoms with E-state index in [2.05, 4.69) is 4.98 Å². The summed E-state index contributed by atoms with van der Waals surface area (Å²) in [7, 11) is 1.29. The molecule has 0 fully saturated rings. The van der Waals surface area contributed by atoms with Crippen molar-refractivity contribution in [2.45, 2.75) is 13.0 Å². The molecule has 4 N–H and O–H groups in total. The van der Waals surface area contributed by atoms with Crippen LogP contribution in [0.1, 0.15) is 17.7 Å². The topological polar surface area (TPSA) is 74.2 Å². The first kappa shape index (κ1) is 10.6. The fourth-order valence-corrected chi connectivity index (χ4v) is 1.17. The van der Waals surface area contributed by atoms with Gasteiger partial charge in [0.05, 0.1) is 7.11 Å². The van der Waals surface area contributed by atoms with E-state index in [0.717, 1.165) is 0 Å². The minimum absolute atomic E-state index is 0.0108. The molecular formula is C8H11F2N3O. The molecule has 0 amide bonds. The number of halogens is 2. The molecule has 1 aromatic heterocycles. The molecular weight excluding hydrogens is 192 g/mol. The third-order valence-electron chi connectivity index (χ3n) is 1.73. The zero-order valence-corrected chi connectivity index (χ0v) is 7.63. The van der Waals surface area contributed by atoms with Gasteiger partial charge in [-0.3, -0.25) is 0 Å². The predicted molar refractivity (Wildman–Crippen MR) is 48.0 cm³/mol. The summed E-state index contributed by atoms with van der Waals surface area (Å²) in [6.45, 7) is 0.0790. The van der Waals surface area contributed by atoms with Gasteiger partial charge < -0.3 is 16.2 Å². The van der Waals surface area contributed by atoms with Gasteiger partial charge >= 0.3 is 0 Å². The standard InChI is InChI=1S/C8H11F2N3O/c1-14-7-4(3-11)2-5(12)13-6(7)8(9)10/h2,8H,3,11H2,1H3,(H2,12,13). The summed E-state index contributed by atoms with van der Waals surface area (Å²) in [6.07, 6.45) is -2.72. The van der Waals surface area contributed by atoms with E-state index < -0.39 is 12.1 Å². The van der Waals surface area contributed by atoms with E-state index in [0.29, 0.717) is 5.56 Å². The van der Waals surface area contributed by atoms with Crippen molar-refractivity contribution < 1.29 is 13.5 Å². The molecule has 0 unspecified atom stereocenters. The van der Waals surface area contributed by atoms with Crippen LogP contribution in [0.3, 0.4) is 0 Å². The van der Waals surface area contributed by atoms with Crippen molar-refractivity contribution in [1.82, 2.24) is 4.98 Å². The first-order chi connectivity index (χ1) is 6.60. The van der Waals surface area contributed by atoms with E-state index in [-0.39, 0.29) is 18.1 Å². The van der Waals surface area contributed by atoms with Crippen LogP contribution < -0.4 is 16.2 Å². The molecule has 0 aromatic carbocycles. The van der Waals surface area contributed by atoms with Crippen LogP contribution in [0.25, 0.3) is 0 Å². The molecule has 1 heterocycles. The van der Waals surface area contributed by atoms with Crippen molar-refractivity contribution in [2.24, 2.45) is 5.73 Å². The summed E-state index contributed by atoms with van der Waals surface area (Å²) in [5.41, 5.74) is 10.7. The number of methoxy groups -OCH3 is 1. The number of ether oxygens (including phenoxy) is 1. The summed E-state index contributed by atoms with van der Waals surface area (Å²) in [6, 6.07) is 1.42. The summed E-state index contributed by atoms with van der Waals surface area (Å²) >= 11 is 0. The number of hydrogen-bond donors (Lipinski definition) is 2. The van der Waals surface area contributed by atoms with E-state index in [1.807, 2.05) is 0 Å². The van der Waals surface area contributed by atoms with Crippen molar-refractivity contribution in [3.8, 4) is 5.75 Å². The third kappa shape index (κ3) is 1.90. The van der Waals surface area contributed by atoms with Gasteiger partial charge in [-0.25, -0.2) is 13.8 Å². The van der Waals surface area contributed by atoms with Gasteiger partial charge in [-0.1, -0.05) is 0 Å². The SMILES string of the molecule is COc1c(CN)cc(N)nc1C(F)F. The van der Waals surface area contributed by atoms with Crippen LogP contribution in [0.2, 0.25) is 0 Å². The maximum Gasteiger partial charge on any atom is 0.284 e. The first-order valence-electron chi connectivity index (χ1n) is 3.91. The van der Waals surface area contributed by atoms with Crippen LogP contribution in [0.5, 0.6) is 5.75 Å². The van der Waals surface area contributed by atoms with Crippen LogP contribution in [-0.4, -0.2) is 12.1 Å². The number of rotatable bonds is 3. The number of pyridine rings is 1. The minimum atomic E-state index is -2.72. The molecule has 1 rings (SSSR count). The highest BCUT2D eigenvalue weighted by Gasteiger charge is 2.19. The quantitative estimate of drug-likeness (QED) is 0.770. The van der Waals surface area contributed by atoms with Crippen LogP contribution in [-0.2, 0) is 6.54 Å². The lowest BCUT2D eigenvalue weighted by Crippen LogP contribution is -2.07. The number of hydrogen-bond acceptors (Lipinski definition) is 4. The monoisotopic (exact) mass is 203 g/mol. The molecule has 0 saturated carbocycles. The Morgan fingerprint density at radius 2 is 2.21 bits per heavy atom. The molecule has 0 bridgehead atoms. The lowest BCUT2D eigenvalue weighted by molar-refractivity contribution is 0.141. The van der Waals surface area contributed by atoms with Gasteiger partial charge in [-0.2, -0.15) is 0 Å². The van der Waals surface area contributed by atoms with Crippen molar-refractivity contribution in [2.75, 3.05) is 12.8 Å². The molecule has 0 radical (unpaired) electrons. The highest BCUT2D eigenvalue weighted by molar-refractivity contribution is 5.46. The van der Waals surface area contributed by atoms with Crippen molar-refractivity contribution >= 4 is 5.82 Å². The van der Waals surface area contributed by atoms with Gasteiger partial charge in [0, 0.05) is 12.1 Å². The Balaban J connectivity index is 3.31. The van der Waals surface area contributed by atoms with Crippen LogP contribution in [0.4, 0.5) is 14.6 Å². The van der Waals surface area contributed by atoms with Gasteiger partial charge in [-0.15, -0.1) is 0 Å². The summed E-state index contributed by atoms with van der Waals surface area (Å²) < 4.78 is 29.7. The molecule has 1 aromatic rings. The Labute approximate surface area is 79.9 Å². The minimum Gasteiger partial charge on any atom is -0.494 e. The summed E-state index contributed by atoms with van der Waals surface area (Å²) in [5, 5.41) is 0. The number of nitrogens with two attached hydrogens (primary N) is 2. The summed E-state index contributed by atoms with van der Waals surface area (Å²) in [4.78, 5) is 3.50. The largest absolute Gasteiger partial charge is 0.494 e. The smallest absolute Gasteiger partial charge is 0.284 e. The number of nitrogen functional groups attached to an aromatic ring is 1. The van der Waals surface area contributed by atoms with Crippen molar-refractivity contribution in [1.29, 1.82) is 0 Å². The summed E-state index contributed by atoms with van der Waals surface area (Å²) in [5.74, 6) is 0.0262. The molecule has 0 aliphatic rings. The normalized spacial score (nSPS) is 10.6. The lowest BCUT2D eigenvalue weighted by Gasteiger charge is -2.11. The second-order valence-corrected chi connectivity index (χ2v) is 2.63. The Kier molecular flexibility index (Phi) is 3.19. The van der Waals surface area contributed by atoms with Gasteiger partial charge in [0.2, 0.25) is 0 Å². The van der Waals surface area contributed by atoms with Gasteiger partial charge in [0.15, 0.2) is 11.4 Å². The zero-order chi connectivity index (χ0) is 10.7. The second-order valence-electron chi connectivity index (χ2n) is 2.63. The molecule has 78 valence electrons. The van der Waals surface area contributed by atoms with Crippen molar-refractivity contribution in [3.05, 3.63) is 17.3 Å². The van der Waals surface area contributed by atoms with E-state index in [1.165, 1.54) is 13.2 Å².